The Bertz CT molecular complexity index is 696. The predicted molar refractivity (Wildman–Crippen MR) is 79.2 cm³/mol. The van der Waals surface area contributed by atoms with Crippen molar-refractivity contribution >= 4 is 38.6 Å². The fourth-order valence-corrected chi connectivity index (χ4v) is 4.03. The molecule has 0 atom stereocenters. The van der Waals surface area contributed by atoms with E-state index in [9.17, 15) is 8.42 Å². The van der Waals surface area contributed by atoms with Crippen molar-refractivity contribution in [2.45, 2.75) is 17.7 Å². The van der Waals surface area contributed by atoms with Crippen molar-refractivity contribution in [1.29, 1.82) is 0 Å². The zero-order chi connectivity index (χ0) is 14.0. The lowest BCUT2D eigenvalue weighted by Gasteiger charge is -2.08. The topological polar surface area (TPSA) is 72.2 Å². The van der Waals surface area contributed by atoms with Crippen LogP contribution in [0.15, 0.2) is 33.9 Å². The Labute approximate surface area is 121 Å². The summed E-state index contributed by atoms with van der Waals surface area (Å²) in [4.78, 5) is 0. The molecule has 0 radical (unpaired) electrons. The maximum Gasteiger partial charge on any atom is 0.271 e. The summed E-state index contributed by atoms with van der Waals surface area (Å²) in [6, 6.07) is 6.74. The van der Waals surface area contributed by atoms with Crippen molar-refractivity contribution in [3.8, 4) is 0 Å². The number of sulfonamides is 1. The number of benzene rings is 1. The van der Waals surface area contributed by atoms with Crippen LogP contribution in [0, 0.1) is 6.92 Å². The number of nitrogens with two attached hydrogens (primary N) is 1. The molecule has 0 aliphatic rings. The molecular formula is C12H13ClN2O2S2. The van der Waals surface area contributed by atoms with Crippen molar-refractivity contribution in [3.63, 3.8) is 0 Å². The summed E-state index contributed by atoms with van der Waals surface area (Å²) in [5.41, 5.74) is 7.57. The molecule has 2 rings (SSSR count). The molecule has 7 heteroatoms. The normalized spacial score (nSPS) is 11.5. The van der Waals surface area contributed by atoms with Gasteiger partial charge < -0.3 is 5.73 Å². The zero-order valence-electron chi connectivity index (χ0n) is 10.2. The highest BCUT2D eigenvalue weighted by atomic mass is 35.5. The number of anilines is 1. The van der Waals surface area contributed by atoms with Gasteiger partial charge in [0.2, 0.25) is 0 Å². The standard InChI is InChI=1S/C12H13ClN2O2S2/c1-8-2-3-10(13)11(4-8)15-19(16,17)12-5-9(6-14)7-18-12/h2-5,7,15H,6,14H2,1H3. The molecule has 0 aliphatic carbocycles. The van der Waals surface area contributed by atoms with Crippen LogP contribution in [0.1, 0.15) is 11.1 Å². The molecule has 102 valence electrons. The molecule has 4 nitrogen and oxygen atoms in total. The average molecular weight is 317 g/mol. The van der Waals surface area contributed by atoms with Crippen LogP contribution in [0.25, 0.3) is 0 Å². The molecular weight excluding hydrogens is 304 g/mol. The Morgan fingerprint density at radius 3 is 2.74 bits per heavy atom. The van der Waals surface area contributed by atoms with Crippen LogP contribution in [0.3, 0.4) is 0 Å². The lowest BCUT2D eigenvalue weighted by atomic mass is 10.2. The molecule has 0 fully saturated rings. The SMILES string of the molecule is Cc1ccc(Cl)c(NS(=O)(=O)c2cc(CN)cs2)c1. The molecule has 0 unspecified atom stereocenters. The van der Waals surface area contributed by atoms with Gasteiger partial charge in [-0.3, -0.25) is 4.72 Å². The van der Waals surface area contributed by atoms with Crippen molar-refractivity contribution in [2.24, 2.45) is 5.73 Å². The largest absolute Gasteiger partial charge is 0.326 e. The lowest BCUT2D eigenvalue weighted by molar-refractivity contribution is 0.603. The molecule has 2 aromatic rings. The molecule has 19 heavy (non-hydrogen) atoms. The van der Waals surface area contributed by atoms with E-state index in [1.807, 2.05) is 13.0 Å². The fourth-order valence-electron chi connectivity index (χ4n) is 1.51. The first kappa shape index (κ1) is 14.3. The van der Waals surface area contributed by atoms with Crippen LogP contribution in [0.2, 0.25) is 5.02 Å². The molecule has 0 bridgehead atoms. The number of rotatable bonds is 4. The van der Waals surface area contributed by atoms with Crippen LogP contribution in [0.5, 0.6) is 0 Å². The second-order valence-electron chi connectivity index (χ2n) is 4.07. The number of hydrogen-bond acceptors (Lipinski definition) is 4. The molecule has 0 aliphatic heterocycles. The summed E-state index contributed by atoms with van der Waals surface area (Å²) < 4.78 is 27.1. The van der Waals surface area contributed by atoms with Crippen molar-refractivity contribution in [1.82, 2.24) is 0 Å². The second-order valence-corrected chi connectivity index (χ2v) is 7.29. The molecule has 0 spiro atoms. The highest BCUT2D eigenvalue weighted by molar-refractivity contribution is 7.94. The number of halogens is 1. The minimum atomic E-state index is -3.61. The maximum atomic E-state index is 12.2. The van der Waals surface area contributed by atoms with Gasteiger partial charge in [0.05, 0.1) is 10.7 Å². The van der Waals surface area contributed by atoms with Gasteiger partial charge >= 0.3 is 0 Å². The van der Waals surface area contributed by atoms with Crippen LogP contribution in [-0.4, -0.2) is 8.42 Å². The molecule has 3 N–H and O–H groups in total. The highest BCUT2D eigenvalue weighted by Gasteiger charge is 2.18. The summed E-state index contributed by atoms with van der Waals surface area (Å²) in [5, 5.41) is 2.09. The molecule has 1 aromatic heterocycles. The van der Waals surface area contributed by atoms with E-state index in [2.05, 4.69) is 4.72 Å². The van der Waals surface area contributed by atoms with Gasteiger partial charge in [0.15, 0.2) is 0 Å². The van der Waals surface area contributed by atoms with Gasteiger partial charge in [-0.05, 0) is 41.6 Å². The minimum absolute atomic E-state index is 0.227. The van der Waals surface area contributed by atoms with E-state index < -0.39 is 10.0 Å². The molecule has 1 aromatic carbocycles. The van der Waals surface area contributed by atoms with Crippen LogP contribution in [0.4, 0.5) is 5.69 Å². The Kier molecular flexibility index (Phi) is 4.15. The number of nitrogens with one attached hydrogen (secondary N) is 1. The first-order chi connectivity index (χ1) is 8.92. The third kappa shape index (κ3) is 3.27. The van der Waals surface area contributed by atoms with E-state index in [0.29, 0.717) is 17.3 Å². The maximum absolute atomic E-state index is 12.2. The quantitative estimate of drug-likeness (QED) is 0.911. The third-order valence-corrected chi connectivity index (χ3v) is 5.68. The number of hydrogen-bond donors (Lipinski definition) is 2. The number of aryl methyl sites for hydroxylation is 1. The van der Waals surface area contributed by atoms with Gasteiger partial charge in [-0.2, -0.15) is 0 Å². The summed E-state index contributed by atoms with van der Waals surface area (Å²) in [5.74, 6) is 0. The van der Waals surface area contributed by atoms with E-state index >= 15 is 0 Å². The summed E-state index contributed by atoms with van der Waals surface area (Å²) in [6.07, 6.45) is 0. The van der Waals surface area contributed by atoms with Gasteiger partial charge in [0.25, 0.3) is 10.0 Å². The molecule has 0 saturated heterocycles. The Hall–Kier alpha value is -1.08. The van der Waals surface area contributed by atoms with Crippen LogP contribution < -0.4 is 10.5 Å². The van der Waals surface area contributed by atoms with Crippen molar-refractivity contribution in [2.75, 3.05) is 4.72 Å². The van der Waals surface area contributed by atoms with E-state index in [4.69, 9.17) is 17.3 Å². The minimum Gasteiger partial charge on any atom is -0.326 e. The summed E-state index contributed by atoms with van der Waals surface area (Å²) in [7, 11) is -3.61. The van der Waals surface area contributed by atoms with E-state index in [1.54, 1.807) is 23.6 Å². The predicted octanol–water partition coefficient (Wildman–Crippen LogP) is 2.97. The fraction of sp³-hybridized carbons (Fsp3) is 0.167. The van der Waals surface area contributed by atoms with Gasteiger partial charge in [0, 0.05) is 6.54 Å². The Balaban J connectivity index is 2.33. The number of thiophene rings is 1. The lowest BCUT2D eigenvalue weighted by Crippen LogP contribution is -2.12. The molecule has 1 heterocycles. The van der Waals surface area contributed by atoms with Gasteiger partial charge in [-0.15, -0.1) is 11.3 Å². The Morgan fingerprint density at radius 1 is 1.37 bits per heavy atom. The van der Waals surface area contributed by atoms with Crippen LogP contribution >= 0.6 is 22.9 Å². The first-order valence-electron chi connectivity index (χ1n) is 5.49. The van der Waals surface area contributed by atoms with Crippen molar-refractivity contribution < 1.29 is 8.42 Å². The van der Waals surface area contributed by atoms with Gasteiger partial charge in [-0.1, -0.05) is 17.7 Å². The van der Waals surface area contributed by atoms with E-state index in [-0.39, 0.29) is 4.21 Å². The highest BCUT2D eigenvalue weighted by Crippen LogP contribution is 2.27. The van der Waals surface area contributed by atoms with E-state index in [1.165, 1.54) is 0 Å². The molecule has 0 saturated carbocycles. The van der Waals surface area contributed by atoms with Crippen LogP contribution in [-0.2, 0) is 16.6 Å². The summed E-state index contributed by atoms with van der Waals surface area (Å²) in [6.45, 7) is 2.18. The second kappa shape index (κ2) is 5.50. The van der Waals surface area contributed by atoms with Crippen molar-refractivity contribution in [3.05, 3.63) is 45.8 Å². The van der Waals surface area contributed by atoms with Gasteiger partial charge in [0.1, 0.15) is 4.21 Å². The third-order valence-electron chi connectivity index (χ3n) is 2.50. The smallest absolute Gasteiger partial charge is 0.271 e. The molecule has 0 amide bonds. The monoisotopic (exact) mass is 316 g/mol. The summed E-state index contributed by atoms with van der Waals surface area (Å²) >= 11 is 7.12. The van der Waals surface area contributed by atoms with E-state index in [0.717, 1.165) is 22.5 Å². The zero-order valence-corrected chi connectivity index (χ0v) is 12.6. The Morgan fingerprint density at radius 2 is 2.11 bits per heavy atom. The van der Waals surface area contributed by atoms with Gasteiger partial charge in [-0.25, -0.2) is 8.42 Å². The first-order valence-corrected chi connectivity index (χ1v) is 8.23. The average Bonchev–Trinajstić information content (AvgIpc) is 2.83.